The fourth-order valence-corrected chi connectivity index (χ4v) is 2.97. The minimum absolute atomic E-state index is 0.221. The van der Waals surface area contributed by atoms with Gasteiger partial charge in [0, 0.05) is 29.3 Å². The molecule has 0 unspecified atom stereocenters. The maximum Gasteiger partial charge on any atom is 0.278 e. The standard InChI is InChI=1S/C22H19N3O3/c1-15-8-9-17(25-10-3-4-11-25)13-19(15)24-22(26)20-21(28-14-23-20)16-6-5-7-18(12-16)27-2/h3-14H,1-2H3,(H,24,26). The molecular formula is C22H19N3O3. The summed E-state index contributed by atoms with van der Waals surface area (Å²) in [5.41, 5.74) is 3.57. The maximum atomic E-state index is 12.9. The number of aromatic nitrogens is 2. The number of nitrogens with zero attached hydrogens (tertiary/aromatic N) is 2. The molecule has 2 aromatic carbocycles. The van der Waals surface area contributed by atoms with Crippen LogP contribution < -0.4 is 10.1 Å². The van der Waals surface area contributed by atoms with Crippen LogP contribution in [0, 0.1) is 6.92 Å². The minimum atomic E-state index is -0.334. The molecule has 0 spiro atoms. The summed E-state index contributed by atoms with van der Waals surface area (Å²) in [6.45, 7) is 1.95. The van der Waals surface area contributed by atoms with Crippen molar-refractivity contribution in [2.24, 2.45) is 0 Å². The van der Waals surface area contributed by atoms with Crippen molar-refractivity contribution in [2.45, 2.75) is 6.92 Å². The van der Waals surface area contributed by atoms with Gasteiger partial charge in [-0.15, -0.1) is 0 Å². The lowest BCUT2D eigenvalue weighted by atomic mass is 10.1. The van der Waals surface area contributed by atoms with Gasteiger partial charge in [-0.3, -0.25) is 4.79 Å². The Bertz CT molecular complexity index is 1110. The number of oxazole rings is 1. The fraction of sp³-hybridized carbons (Fsp3) is 0.0909. The highest BCUT2D eigenvalue weighted by atomic mass is 16.5. The lowest BCUT2D eigenvalue weighted by Gasteiger charge is -2.11. The van der Waals surface area contributed by atoms with E-state index in [1.807, 2.05) is 72.4 Å². The molecule has 0 atom stereocenters. The van der Waals surface area contributed by atoms with E-state index < -0.39 is 0 Å². The van der Waals surface area contributed by atoms with Gasteiger partial charge in [-0.25, -0.2) is 4.98 Å². The predicted molar refractivity (Wildman–Crippen MR) is 107 cm³/mol. The van der Waals surface area contributed by atoms with Crippen molar-refractivity contribution < 1.29 is 13.9 Å². The normalized spacial score (nSPS) is 10.6. The van der Waals surface area contributed by atoms with Gasteiger partial charge in [-0.2, -0.15) is 0 Å². The summed E-state index contributed by atoms with van der Waals surface area (Å²) >= 11 is 0. The highest BCUT2D eigenvalue weighted by molar-refractivity contribution is 6.06. The Kier molecular flexibility index (Phi) is 4.68. The average Bonchev–Trinajstić information content (AvgIpc) is 3.42. The average molecular weight is 373 g/mol. The lowest BCUT2D eigenvalue weighted by Crippen LogP contribution is -2.14. The van der Waals surface area contributed by atoms with Crippen molar-refractivity contribution in [1.29, 1.82) is 0 Å². The predicted octanol–water partition coefficient (Wildman–Crippen LogP) is 4.70. The van der Waals surface area contributed by atoms with Crippen LogP contribution in [0.3, 0.4) is 0 Å². The number of benzene rings is 2. The molecule has 6 heteroatoms. The van der Waals surface area contributed by atoms with E-state index in [0.29, 0.717) is 11.5 Å². The monoisotopic (exact) mass is 373 g/mol. The first-order chi connectivity index (χ1) is 13.7. The van der Waals surface area contributed by atoms with Crippen LogP contribution in [0.2, 0.25) is 0 Å². The molecule has 1 amide bonds. The van der Waals surface area contributed by atoms with Crippen LogP contribution in [0.25, 0.3) is 17.0 Å². The van der Waals surface area contributed by atoms with Gasteiger partial charge < -0.3 is 19.0 Å². The van der Waals surface area contributed by atoms with Crippen LogP contribution in [0.5, 0.6) is 5.75 Å². The molecule has 2 heterocycles. The SMILES string of the molecule is COc1cccc(-c2ocnc2C(=O)Nc2cc(-n3cccc3)ccc2C)c1. The number of anilines is 1. The fourth-order valence-electron chi connectivity index (χ4n) is 2.97. The largest absolute Gasteiger partial charge is 0.497 e. The van der Waals surface area contributed by atoms with E-state index in [4.69, 9.17) is 9.15 Å². The molecule has 1 N–H and O–H groups in total. The quantitative estimate of drug-likeness (QED) is 0.550. The Morgan fingerprint density at radius 3 is 2.71 bits per heavy atom. The van der Waals surface area contributed by atoms with Crippen molar-refractivity contribution in [3.63, 3.8) is 0 Å². The van der Waals surface area contributed by atoms with Crippen LogP contribution >= 0.6 is 0 Å². The molecule has 140 valence electrons. The van der Waals surface area contributed by atoms with Crippen molar-refractivity contribution >= 4 is 11.6 Å². The second kappa shape index (κ2) is 7.44. The van der Waals surface area contributed by atoms with E-state index in [1.54, 1.807) is 13.2 Å². The number of methoxy groups -OCH3 is 1. The summed E-state index contributed by atoms with van der Waals surface area (Å²) in [6.07, 6.45) is 5.18. The Morgan fingerprint density at radius 1 is 1.11 bits per heavy atom. The highest BCUT2D eigenvalue weighted by Crippen LogP contribution is 2.28. The molecule has 28 heavy (non-hydrogen) atoms. The number of nitrogens with one attached hydrogen (secondary N) is 1. The van der Waals surface area contributed by atoms with E-state index in [9.17, 15) is 4.79 Å². The molecule has 0 aliphatic heterocycles. The van der Waals surface area contributed by atoms with E-state index in [-0.39, 0.29) is 11.6 Å². The second-order valence-electron chi connectivity index (χ2n) is 6.31. The molecule has 0 saturated heterocycles. The summed E-state index contributed by atoms with van der Waals surface area (Å²) in [5, 5.41) is 2.95. The maximum absolute atomic E-state index is 12.9. The molecule has 0 saturated carbocycles. The van der Waals surface area contributed by atoms with Crippen LogP contribution in [0.4, 0.5) is 5.69 Å². The highest BCUT2D eigenvalue weighted by Gasteiger charge is 2.19. The van der Waals surface area contributed by atoms with Gasteiger partial charge in [0.05, 0.1) is 7.11 Å². The smallest absolute Gasteiger partial charge is 0.278 e. The summed E-state index contributed by atoms with van der Waals surface area (Å²) in [7, 11) is 1.59. The third-order valence-corrected chi connectivity index (χ3v) is 4.49. The zero-order chi connectivity index (χ0) is 19.5. The van der Waals surface area contributed by atoms with Gasteiger partial charge >= 0.3 is 0 Å². The molecule has 4 aromatic rings. The summed E-state index contributed by atoms with van der Waals surface area (Å²) in [5.74, 6) is 0.741. The summed E-state index contributed by atoms with van der Waals surface area (Å²) < 4.78 is 12.7. The minimum Gasteiger partial charge on any atom is -0.497 e. The number of ether oxygens (including phenoxy) is 1. The molecular weight excluding hydrogens is 354 g/mol. The topological polar surface area (TPSA) is 69.3 Å². The van der Waals surface area contributed by atoms with Gasteiger partial charge in [0.25, 0.3) is 5.91 Å². The zero-order valence-corrected chi connectivity index (χ0v) is 15.5. The van der Waals surface area contributed by atoms with Gasteiger partial charge in [0.1, 0.15) is 5.75 Å². The van der Waals surface area contributed by atoms with Gasteiger partial charge in [0.15, 0.2) is 17.8 Å². The summed E-state index contributed by atoms with van der Waals surface area (Å²) in [6, 6.07) is 17.1. The number of aryl methyl sites for hydroxylation is 1. The molecule has 6 nitrogen and oxygen atoms in total. The van der Waals surface area contributed by atoms with Crippen molar-refractivity contribution in [1.82, 2.24) is 9.55 Å². The van der Waals surface area contributed by atoms with Gasteiger partial charge in [0.2, 0.25) is 0 Å². The molecule has 0 bridgehead atoms. The first-order valence-corrected chi connectivity index (χ1v) is 8.79. The number of hydrogen-bond acceptors (Lipinski definition) is 4. The van der Waals surface area contributed by atoms with Crippen LogP contribution in [0.1, 0.15) is 16.1 Å². The number of amides is 1. The van der Waals surface area contributed by atoms with E-state index in [1.165, 1.54) is 6.39 Å². The Labute approximate surface area is 162 Å². The van der Waals surface area contributed by atoms with Crippen molar-refractivity contribution in [2.75, 3.05) is 12.4 Å². The molecule has 0 aliphatic carbocycles. The molecule has 0 aliphatic rings. The Balaban J connectivity index is 1.64. The lowest BCUT2D eigenvalue weighted by molar-refractivity contribution is 0.102. The Morgan fingerprint density at radius 2 is 1.93 bits per heavy atom. The second-order valence-corrected chi connectivity index (χ2v) is 6.31. The van der Waals surface area contributed by atoms with Gasteiger partial charge in [-0.05, 0) is 48.9 Å². The van der Waals surface area contributed by atoms with Crippen LogP contribution in [-0.2, 0) is 0 Å². The Hall–Kier alpha value is -3.80. The third kappa shape index (κ3) is 3.40. The van der Waals surface area contributed by atoms with E-state index in [2.05, 4.69) is 10.3 Å². The number of hydrogen-bond donors (Lipinski definition) is 1. The molecule has 0 fully saturated rings. The summed E-state index contributed by atoms with van der Waals surface area (Å²) in [4.78, 5) is 17.0. The van der Waals surface area contributed by atoms with Crippen molar-refractivity contribution in [3.05, 3.63) is 84.6 Å². The first-order valence-electron chi connectivity index (χ1n) is 8.79. The molecule has 2 aromatic heterocycles. The first kappa shape index (κ1) is 17.6. The number of carbonyl (C=O) groups is 1. The van der Waals surface area contributed by atoms with E-state index in [0.717, 1.165) is 22.5 Å². The van der Waals surface area contributed by atoms with Crippen molar-refractivity contribution in [3.8, 4) is 22.8 Å². The van der Waals surface area contributed by atoms with Crippen LogP contribution in [0.15, 0.2) is 77.8 Å². The third-order valence-electron chi connectivity index (χ3n) is 4.49. The number of carbonyl (C=O) groups excluding carboxylic acids is 1. The zero-order valence-electron chi connectivity index (χ0n) is 15.5. The van der Waals surface area contributed by atoms with Crippen LogP contribution in [-0.4, -0.2) is 22.6 Å². The molecule has 4 rings (SSSR count). The molecule has 0 radical (unpaired) electrons. The van der Waals surface area contributed by atoms with E-state index >= 15 is 0 Å². The van der Waals surface area contributed by atoms with Gasteiger partial charge in [-0.1, -0.05) is 18.2 Å². The number of rotatable bonds is 5.